The fourth-order valence-electron chi connectivity index (χ4n) is 1.48. The van der Waals surface area contributed by atoms with Gasteiger partial charge in [-0.3, -0.25) is 9.89 Å². The van der Waals surface area contributed by atoms with Crippen LogP contribution in [0.4, 0.5) is 0 Å². The Balaban J connectivity index is 2.03. The Morgan fingerprint density at radius 2 is 2.35 bits per heavy atom. The van der Waals surface area contributed by atoms with Gasteiger partial charge in [0.1, 0.15) is 5.82 Å². The maximum Gasteiger partial charge on any atom is 0.291 e. The third kappa shape index (κ3) is 2.63. The highest BCUT2D eigenvalue weighted by molar-refractivity contribution is 5.90. The molecule has 1 atom stereocenters. The van der Waals surface area contributed by atoms with Crippen LogP contribution in [-0.2, 0) is 0 Å². The van der Waals surface area contributed by atoms with Crippen LogP contribution in [0.3, 0.4) is 0 Å². The predicted molar refractivity (Wildman–Crippen MR) is 61.6 cm³/mol. The minimum Gasteiger partial charge on any atom is -0.394 e. The Hall–Kier alpha value is -1.43. The minimum absolute atomic E-state index is 0.102. The van der Waals surface area contributed by atoms with Gasteiger partial charge in [0, 0.05) is 5.92 Å². The third-order valence-corrected chi connectivity index (χ3v) is 3.21. The number of aromatic amines is 1. The Morgan fingerprint density at radius 1 is 1.65 bits per heavy atom. The van der Waals surface area contributed by atoms with Crippen LogP contribution in [0.25, 0.3) is 0 Å². The molecule has 6 heteroatoms. The van der Waals surface area contributed by atoms with Gasteiger partial charge >= 0.3 is 0 Å². The monoisotopic (exact) mass is 238 g/mol. The Bertz CT molecular complexity index is 407. The molecule has 0 radical (unpaired) electrons. The number of aliphatic hydroxyl groups is 1. The topological polar surface area (TPSA) is 90.9 Å². The van der Waals surface area contributed by atoms with Crippen molar-refractivity contribution >= 4 is 5.91 Å². The number of aliphatic hydroxyl groups excluding tert-OH is 1. The average molecular weight is 238 g/mol. The summed E-state index contributed by atoms with van der Waals surface area (Å²) >= 11 is 0. The average Bonchev–Trinajstić information content (AvgIpc) is 3.06. The second-order valence-corrected chi connectivity index (χ2v) is 4.84. The summed E-state index contributed by atoms with van der Waals surface area (Å²) in [7, 11) is 0. The largest absolute Gasteiger partial charge is 0.394 e. The molecule has 3 N–H and O–H groups in total. The quantitative estimate of drug-likeness (QED) is 0.699. The van der Waals surface area contributed by atoms with Crippen LogP contribution in [0.1, 0.15) is 55.5 Å². The Kier molecular flexibility index (Phi) is 3.15. The first kappa shape index (κ1) is 12.0. The molecule has 0 spiro atoms. The Labute approximate surface area is 99.8 Å². The lowest BCUT2D eigenvalue weighted by Crippen LogP contribution is -2.48. The zero-order chi connectivity index (χ0) is 12.5. The molecule has 1 fully saturated rings. The van der Waals surface area contributed by atoms with Crippen molar-refractivity contribution in [3.63, 3.8) is 0 Å². The van der Waals surface area contributed by atoms with E-state index in [9.17, 15) is 9.90 Å². The normalized spacial score (nSPS) is 18.8. The van der Waals surface area contributed by atoms with Crippen molar-refractivity contribution in [2.24, 2.45) is 0 Å². The van der Waals surface area contributed by atoms with Crippen molar-refractivity contribution in [3.05, 3.63) is 11.6 Å². The summed E-state index contributed by atoms with van der Waals surface area (Å²) in [6.07, 6.45) is 2.87. The third-order valence-electron chi connectivity index (χ3n) is 3.21. The predicted octanol–water partition coefficient (Wildman–Crippen LogP) is 0.573. The van der Waals surface area contributed by atoms with Crippen molar-refractivity contribution < 1.29 is 9.90 Å². The molecule has 1 aliphatic rings. The zero-order valence-corrected chi connectivity index (χ0v) is 10.2. The van der Waals surface area contributed by atoms with E-state index in [1.54, 1.807) is 6.92 Å². The van der Waals surface area contributed by atoms with Crippen LogP contribution in [0, 0.1) is 0 Å². The van der Waals surface area contributed by atoms with Crippen molar-refractivity contribution in [2.75, 3.05) is 6.61 Å². The lowest BCUT2D eigenvalue weighted by Gasteiger charge is -2.26. The van der Waals surface area contributed by atoms with Gasteiger partial charge < -0.3 is 10.4 Å². The van der Waals surface area contributed by atoms with Crippen molar-refractivity contribution in [1.82, 2.24) is 20.5 Å². The molecule has 1 saturated carbocycles. The van der Waals surface area contributed by atoms with Gasteiger partial charge in [0.05, 0.1) is 12.1 Å². The van der Waals surface area contributed by atoms with E-state index in [-0.39, 0.29) is 18.3 Å². The van der Waals surface area contributed by atoms with Crippen molar-refractivity contribution in [3.8, 4) is 0 Å². The van der Waals surface area contributed by atoms with Gasteiger partial charge in [-0.05, 0) is 26.2 Å². The summed E-state index contributed by atoms with van der Waals surface area (Å²) in [6.45, 7) is 3.60. The number of nitrogens with one attached hydrogen (secondary N) is 2. The van der Waals surface area contributed by atoms with E-state index in [1.165, 1.54) is 0 Å². The molecule has 0 aliphatic heterocycles. The molecule has 1 heterocycles. The first-order chi connectivity index (χ1) is 8.08. The summed E-state index contributed by atoms with van der Waals surface area (Å²) in [6, 6.07) is 0. The molecule has 1 unspecified atom stereocenters. The molecule has 1 aromatic rings. The van der Waals surface area contributed by atoms with Gasteiger partial charge in [0.15, 0.2) is 0 Å². The van der Waals surface area contributed by atoms with Crippen LogP contribution in [-0.4, -0.2) is 38.3 Å². The summed E-state index contributed by atoms with van der Waals surface area (Å²) in [5.74, 6) is 1.04. The molecular formula is C11H18N4O2. The highest BCUT2D eigenvalue weighted by atomic mass is 16.3. The second kappa shape index (κ2) is 4.44. The number of hydrogen-bond acceptors (Lipinski definition) is 4. The maximum absolute atomic E-state index is 11.9. The molecule has 0 saturated heterocycles. The number of amides is 1. The molecule has 1 amide bonds. The van der Waals surface area contributed by atoms with Crippen LogP contribution < -0.4 is 5.32 Å². The SMILES string of the molecule is CCC(C)(CO)NC(=O)c1n[nH]c(C2CC2)n1. The van der Waals surface area contributed by atoms with Gasteiger partial charge in [-0.25, -0.2) is 4.98 Å². The number of aromatic nitrogens is 3. The summed E-state index contributed by atoms with van der Waals surface area (Å²) < 4.78 is 0. The molecule has 17 heavy (non-hydrogen) atoms. The number of nitrogens with zero attached hydrogens (tertiary/aromatic N) is 2. The first-order valence-corrected chi connectivity index (χ1v) is 5.93. The molecule has 6 nitrogen and oxygen atoms in total. The van der Waals surface area contributed by atoms with E-state index in [1.807, 2.05) is 6.92 Å². The van der Waals surface area contributed by atoms with E-state index in [4.69, 9.17) is 0 Å². The van der Waals surface area contributed by atoms with Crippen molar-refractivity contribution in [2.45, 2.75) is 44.6 Å². The molecule has 0 aromatic carbocycles. The van der Waals surface area contributed by atoms with E-state index >= 15 is 0 Å². The van der Waals surface area contributed by atoms with E-state index < -0.39 is 5.54 Å². The standard InChI is InChI=1S/C11H18N4O2/c1-3-11(2,6-16)13-10(17)9-12-8(14-15-9)7-4-5-7/h7,16H,3-6H2,1-2H3,(H,13,17)(H,12,14,15). The molecule has 94 valence electrons. The molecule has 2 rings (SSSR count). The van der Waals surface area contributed by atoms with Crippen LogP contribution in [0.2, 0.25) is 0 Å². The lowest BCUT2D eigenvalue weighted by atomic mass is 10.0. The fourth-order valence-corrected chi connectivity index (χ4v) is 1.48. The molecule has 0 bridgehead atoms. The van der Waals surface area contributed by atoms with Crippen LogP contribution >= 0.6 is 0 Å². The highest BCUT2D eigenvalue weighted by Gasteiger charge is 2.30. The minimum atomic E-state index is -0.614. The van der Waals surface area contributed by atoms with Crippen molar-refractivity contribution in [1.29, 1.82) is 0 Å². The van der Waals surface area contributed by atoms with Gasteiger partial charge in [0.25, 0.3) is 5.91 Å². The number of rotatable bonds is 5. The van der Waals surface area contributed by atoms with Gasteiger partial charge in [-0.15, -0.1) is 5.10 Å². The van der Waals surface area contributed by atoms with Gasteiger partial charge in [-0.2, -0.15) is 0 Å². The van der Waals surface area contributed by atoms with E-state index in [0.29, 0.717) is 12.3 Å². The number of carbonyl (C=O) groups is 1. The van der Waals surface area contributed by atoms with E-state index in [0.717, 1.165) is 18.7 Å². The number of H-pyrrole nitrogens is 1. The molecule has 1 aliphatic carbocycles. The zero-order valence-electron chi connectivity index (χ0n) is 10.2. The maximum atomic E-state index is 11.9. The summed E-state index contributed by atoms with van der Waals surface area (Å²) in [5, 5.41) is 18.7. The van der Waals surface area contributed by atoms with Crippen LogP contribution in [0.15, 0.2) is 0 Å². The second-order valence-electron chi connectivity index (χ2n) is 4.84. The van der Waals surface area contributed by atoms with Gasteiger partial charge in [0.2, 0.25) is 5.82 Å². The van der Waals surface area contributed by atoms with Crippen LogP contribution in [0.5, 0.6) is 0 Å². The molecule has 1 aromatic heterocycles. The summed E-state index contributed by atoms with van der Waals surface area (Å²) in [4.78, 5) is 16.0. The fraction of sp³-hybridized carbons (Fsp3) is 0.727. The molecular weight excluding hydrogens is 220 g/mol. The smallest absolute Gasteiger partial charge is 0.291 e. The Morgan fingerprint density at radius 3 is 2.88 bits per heavy atom. The first-order valence-electron chi connectivity index (χ1n) is 5.93. The summed E-state index contributed by atoms with van der Waals surface area (Å²) in [5.41, 5.74) is -0.614. The van der Waals surface area contributed by atoms with Gasteiger partial charge in [-0.1, -0.05) is 6.92 Å². The number of carbonyl (C=O) groups excluding carboxylic acids is 1. The van der Waals surface area contributed by atoms with E-state index in [2.05, 4.69) is 20.5 Å². The highest BCUT2D eigenvalue weighted by Crippen LogP contribution is 2.37. The number of hydrogen-bond donors (Lipinski definition) is 3. The lowest BCUT2D eigenvalue weighted by molar-refractivity contribution is 0.0837.